The second-order valence-corrected chi connectivity index (χ2v) is 7.33. The van der Waals surface area contributed by atoms with Gasteiger partial charge in [-0.25, -0.2) is 4.79 Å². The number of hydrogen-bond donors (Lipinski definition) is 2. The normalized spacial score (nSPS) is 22.6. The van der Waals surface area contributed by atoms with Gasteiger partial charge in [-0.05, 0) is 46.5 Å². The summed E-state index contributed by atoms with van der Waals surface area (Å²) in [6.07, 6.45) is 4.15. The van der Waals surface area contributed by atoms with Gasteiger partial charge in [-0.2, -0.15) is 5.26 Å². The fraction of sp³-hybridized carbons (Fsp3) is 0.824. The second kappa shape index (κ2) is 8.76. The number of hydrogen-bond acceptors (Lipinski definition) is 4. The molecule has 1 saturated carbocycles. The first-order valence-corrected chi connectivity index (χ1v) is 8.37. The lowest BCUT2D eigenvalue weighted by Gasteiger charge is -2.32. The van der Waals surface area contributed by atoms with Crippen LogP contribution in [0.3, 0.4) is 0 Å². The number of nitriles is 1. The molecule has 1 aliphatic carbocycles. The molecule has 1 fully saturated rings. The van der Waals surface area contributed by atoms with E-state index in [2.05, 4.69) is 10.6 Å². The maximum atomic E-state index is 12.1. The Hall–Kier alpha value is -1.77. The Morgan fingerprint density at radius 1 is 1.30 bits per heavy atom. The first kappa shape index (κ1) is 19.3. The summed E-state index contributed by atoms with van der Waals surface area (Å²) in [5, 5.41) is 14.4. The molecular weight excluding hydrogens is 294 g/mol. The highest BCUT2D eigenvalue weighted by Crippen LogP contribution is 2.27. The van der Waals surface area contributed by atoms with Crippen LogP contribution in [0.25, 0.3) is 0 Å². The maximum absolute atomic E-state index is 12.1. The fourth-order valence-corrected chi connectivity index (χ4v) is 2.86. The topological polar surface area (TPSA) is 91.2 Å². The van der Waals surface area contributed by atoms with E-state index in [1.165, 1.54) is 0 Å². The van der Waals surface area contributed by atoms with Crippen LogP contribution in [0.15, 0.2) is 0 Å². The van der Waals surface area contributed by atoms with Gasteiger partial charge in [0.05, 0.1) is 12.5 Å². The number of amides is 2. The molecule has 6 nitrogen and oxygen atoms in total. The highest BCUT2D eigenvalue weighted by atomic mass is 16.6. The molecule has 0 aliphatic heterocycles. The number of nitrogens with zero attached hydrogens (tertiary/aromatic N) is 1. The van der Waals surface area contributed by atoms with Gasteiger partial charge < -0.3 is 15.4 Å². The Bertz CT molecular complexity index is 451. The molecule has 6 heteroatoms. The molecule has 2 N–H and O–H groups in total. The third-order valence-corrected chi connectivity index (χ3v) is 3.86. The number of ether oxygens (including phenoxy) is 1. The van der Waals surface area contributed by atoms with Crippen LogP contribution in [0.5, 0.6) is 0 Å². The molecule has 3 atom stereocenters. The molecule has 1 rings (SSSR count). The Balaban J connectivity index is 2.53. The van der Waals surface area contributed by atoms with Crippen molar-refractivity contribution < 1.29 is 14.3 Å². The van der Waals surface area contributed by atoms with Crippen molar-refractivity contribution in [3.63, 3.8) is 0 Å². The van der Waals surface area contributed by atoms with Crippen molar-refractivity contribution in [2.24, 2.45) is 5.92 Å². The van der Waals surface area contributed by atoms with E-state index in [4.69, 9.17) is 10.00 Å². The lowest BCUT2D eigenvalue weighted by atomic mass is 9.82. The molecular formula is C17H29N3O3. The summed E-state index contributed by atoms with van der Waals surface area (Å²) in [5.41, 5.74) is -0.529. The zero-order valence-electron chi connectivity index (χ0n) is 14.6. The Kier molecular flexibility index (Phi) is 7.34. The number of rotatable bonds is 5. The summed E-state index contributed by atoms with van der Waals surface area (Å²) in [6.45, 7) is 7.30. The molecule has 0 aromatic rings. The minimum atomic E-state index is -0.529. The van der Waals surface area contributed by atoms with Crippen molar-refractivity contribution in [3.8, 4) is 6.07 Å². The predicted molar refractivity (Wildman–Crippen MR) is 87.6 cm³/mol. The van der Waals surface area contributed by atoms with Gasteiger partial charge in [0.2, 0.25) is 5.91 Å². The second-order valence-electron chi connectivity index (χ2n) is 7.33. The molecule has 0 heterocycles. The highest BCUT2D eigenvalue weighted by molar-refractivity contribution is 5.76. The first-order valence-electron chi connectivity index (χ1n) is 8.37. The Morgan fingerprint density at radius 3 is 2.57 bits per heavy atom. The van der Waals surface area contributed by atoms with Crippen molar-refractivity contribution in [3.05, 3.63) is 0 Å². The predicted octanol–water partition coefficient (Wildman–Crippen LogP) is 2.88. The number of carbonyl (C=O) groups is 2. The van der Waals surface area contributed by atoms with Crippen LogP contribution in [0, 0.1) is 17.2 Å². The van der Waals surface area contributed by atoms with Gasteiger partial charge in [0, 0.05) is 18.5 Å². The summed E-state index contributed by atoms with van der Waals surface area (Å²) in [5.74, 6) is 0.0567. The minimum absolute atomic E-state index is 0.0318. The van der Waals surface area contributed by atoms with Crippen molar-refractivity contribution in [2.75, 3.05) is 0 Å². The van der Waals surface area contributed by atoms with Crippen LogP contribution < -0.4 is 10.6 Å². The maximum Gasteiger partial charge on any atom is 0.407 e. The molecule has 0 spiro atoms. The molecule has 0 unspecified atom stereocenters. The summed E-state index contributed by atoms with van der Waals surface area (Å²) < 4.78 is 5.30. The van der Waals surface area contributed by atoms with Crippen LogP contribution in [0.1, 0.15) is 66.2 Å². The van der Waals surface area contributed by atoms with E-state index in [0.717, 1.165) is 25.7 Å². The number of carbonyl (C=O) groups excluding carboxylic acids is 2. The molecule has 2 amide bonds. The third kappa shape index (κ3) is 7.87. The smallest absolute Gasteiger partial charge is 0.407 e. The zero-order valence-corrected chi connectivity index (χ0v) is 14.6. The van der Waals surface area contributed by atoms with Gasteiger partial charge in [0.15, 0.2) is 0 Å². The lowest BCUT2D eigenvalue weighted by Crippen LogP contribution is -2.46. The lowest BCUT2D eigenvalue weighted by molar-refractivity contribution is -0.123. The van der Waals surface area contributed by atoms with E-state index in [-0.39, 0.29) is 23.9 Å². The molecule has 1 aliphatic rings. The quantitative estimate of drug-likeness (QED) is 0.814. The van der Waals surface area contributed by atoms with E-state index in [1.807, 2.05) is 33.8 Å². The van der Waals surface area contributed by atoms with E-state index in [0.29, 0.717) is 12.8 Å². The van der Waals surface area contributed by atoms with Gasteiger partial charge >= 0.3 is 6.09 Å². The molecule has 23 heavy (non-hydrogen) atoms. The van der Waals surface area contributed by atoms with Gasteiger partial charge in [-0.1, -0.05) is 12.8 Å². The van der Waals surface area contributed by atoms with Crippen molar-refractivity contribution >= 4 is 12.0 Å². The van der Waals surface area contributed by atoms with Gasteiger partial charge in [0.25, 0.3) is 0 Å². The molecule has 0 radical (unpaired) electrons. The molecule has 0 bridgehead atoms. The van der Waals surface area contributed by atoms with Gasteiger partial charge in [-0.3, -0.25) is 4.79 Å². The fourth-order valence-electron chi connectivity index (χ4n) is 2.86. The largest absolute Gasteiger partial charge is 0.444 e. The van der Waals surface area contributed by atoms with Crippen LogP contribution in [-0.2, 0) is 9.53 Å². The number of alkyl carbamates (subject to hydrolysis) is 1. The highest BCUT2D eigenvalue weighted by Gasteiger charge is 2.30. The van der Waals surface area contributed by atoms with Gasteiger partial charge in [0.1, 0.15) is 5.60 Å². The minimum Gasteiger partial charge on any atom is -0.444 e. The van der Waals surface area contributed by atoms with Crippen molar-refractivity contribution in [1.29, 1.82) is 5.26 Å². The Morgan fingerprint density at radius 2 is 1.96 bits per heavy atom. The van der Waals surface area contributed by atoms with E-state index >= 15 is 0 Å². The molecule has 130 valence electrons. The van der Waals surface area contributed by atoms with Gasteiger partial charge in [-0.15, -0.1) is 0 Å². The zero-order chi connectivity index (χ0) is 17.5. The van der Waals surface area contributed by atoms with E-state index < -0.39 is 11.7 Å². The summed E-state index contributed by atoms with van der Waals surface area (Å²) >= 11 is 0. The molecule has 0 aromatic heterocycles. The monoisotopic (exact) mass is 323 g/mol. The average Bonchev–Trinajstić information content (AvgIpc) is 2.38. The summed E-state index contributed by atoms with van der Waals surface area (Å²) in [7, 11) is 0. The van der Waals surface area contributed by atoms with Crippen LogP contribution in [0.2, 0.25) is 0 Å². The van der Waals surface area contributed by atoms with Crippen LogP contribution in [0.4, 0.5) is 4.79 Å². The van der Waals surface area contributed by atoms with E-state index in [9.17, 15) is 9.59 Å². The first-order chi connectivity index (χ1) is 10.7. The van der Waals surface area contributed by atoms with Crippen LogP contribution in [-0.4, -0.2) is 29.7 Å². The summed E-state index contributed by atoms with van der Waals surface area (Å²) in [6, 6.07) is 1.87. The van der Waals surface area contributed by atoms with Crippen molar-refractivity contribution in [1.82, 2.24) is 10.6 Å². The van der Waals surface area contributed by atoms with Crippen molar-refractivity contribution in [2.45, 2.75) is 83.9 Å². The molecule has 0 saturated heterocycles. The molecule has 0 aromatic carbocycles. The number of nitrogens with one attached hydrogen (secondary N) is 2. The van der Waals surface area contributed by atoms with E-state index in [1.54, 1.807) is 0 Å². The Labute approximate surface area is 139 Å². The SMILES string of the molecule is C[C@H](CC#N)NC(=O)C[C@@H]1CCCC[C@@H]1NC(=O)OC(C)(C)C. The average molecular weight is 323 g/mol. The van der Waals surface area contributed by atoms with Crippen LogP contribution >= 0.6 is 0 Å². The standard InChI is InChI=1S/C17H29N3O3/c1-12(9-10-18)19-15(21)11-13-7-5-6-8-14(13)20-16(22)23-17(2,3)4/h12-14H,5-9,11H2,1-4H3,(H,19,21)(H,20,22)/t12-,13+,14+/m1/s1. The third-order valence-electron chi connectivity index (χ3n) is 3.86. The summed E-state index contributed by atoms with van der Waals surface area (Å²) in [4.78, 5) is 24.0.